The first-order chi connectivity index (χ1) is 8.68. The second-order valence-corrected chi connectivity index (χ2v) is 5.22. The highest BCUT2D eigenvalue weighted by Gasteiger charge is 2.29. The number of carbonyl (C=O) groups excluding carboxylic acids is 1. The molecule has 1 heterocycles. The third-order valence-electron chi connectivity index (χ3n) is 3.70. The van der Waals surface area contributed by atoms with Crippen molar-refractivity contribution in [3.63, 3.8) is 0 Å². The van der Waals surface area contributed by atoms with Gasteiger partial charge in [-0.05, 0) is 24.8 Å². The van der Waals surface area contributed by atoms with Gasteiger partial charge in [0.2, 0.25) is 0 Å². The Kier molecular flexibility index (Phi) is 4.59. The molecule has 1 saturated heterocycles. The molecule has 0 aromatic rings. The zero-order valence-electron chi connectivity index (χ0n) is 11.2. The van der Waals surface area contributed by atoms with Gasteiger partial charge in [0.05, 0.1) is 12.9 Å². The zero-order valence-corrected chi connectivity index (χ0v) is 11.2. The largest absolute Gasteiger partial charge is 0.473 e. The van der Waals surface area contributed by atoms with Crippen molar-refractivity contribution in [1.29, 1.82) is 0 Å². The Morgan fingerprint density at radius 2 is 2.28 bits per heavy atom. The van der Waals surface area contributed by atoms with Crippen LogP contribution < -0.4 is 0 Å². The van der Waals surface area contributed by atoms with Crippen molar-refractivity contribution in [2.24, 2.45) is 17.8 Å². The summed E-state index contributed by atoms with van der Waals surface area (Å²) >= 11 is 0. The Bertz CT molecular complexity index is 340. The average molecular weight is 250 g/mol. The monoisotopic (exact) mass is 250 g/mol. The summed E-state index contributed by atoms with van der Waals surface area (Å²) in [6, 6.07) is 0. The molecular formula is C15H22O3. The average Bonchev–Trinajstić information content (AvgIpc) is 2.38. The molecule has 4 atom stereocenters. The van der Waals surface area contributed by atoms with E-state index in [1.807, 2.05) is 19.1 Å². The summed E-state index contributed by atoms with van der Waals surface area (Å²) in [7, 11) is 0. The molecule has 3 nitrogen and oxygen atoms in total. The van der Waals surface area contributed by atoms with E-state index in [1.54, 1.807) is 6.26 Å². The van der Waals surface area contributed by atoms with Crippen LogP contribution in [0.5, 0.6) is 0 Å². The highest BCUT2D eigenvalue weighted by atomic mass is 16.7. The fraction of sp³-hybridized carbons (Fsp3) is 0.667. The van der Waals surface area contributed by atoms with Crippen LogP contribution in [0.25, 0.3) is 0 Å². The number of allylic oxidation sites excluding steroid dienone is 3. The summed E-state index contributed by atoms with van der Waals surface area (Å²) in [4.78, 5) is 12.0. The number of rotatable bonds is 5. The molecule has 2 rings (SSSR count). The zero-order chi connectivity index (χ0) is 13.0. The molecule has 0 amide bonds. The summed E-state index contributed by atoms with van der Waals surface area (Å²) in [5.74, 6) is 0.659. The SMILES string of the molecule is CC(/C=C\OC1CCCCO1)C(=O)[C@@H]1C=C[C@H]1C. The third kappa shape index (κ3) is 3.22. The van der Waals surface area contributed by atoms with Crippen molar-refractivity contribution in [2.75, 3.05) is 6.61 Å². The molecule has 0 spiro atoms. The highest BCUT2D eigenvalue weighted by Crippen LogP contribution is 2.28. The lowest BCUT2D eigenvalue weighted by Gasteiger charge is -2.26. The number of hydrogen-bond acceptors (Lipinski definition) is 3. The second kappa shape index (κ2) is 6.19. The van der Waals surface area contributed by atoms with Gasteiger partial charge in [0, 0.05) is 18.3 Å². The lowest BCUT2D eigenvalue weighted by Crippen LogP contribution is -2.28. The maximum atomic E-state index is 12.0. The second-order valence-electron chi connectivity index (χ2n) is 5.22. The van der Waals surface area contributed by atoms with Crippen LogP contribution >= 0.6 is 0 Å². The van der Waals surface area contributed by atoms with E-state index in [9.17, 15) is 4.79 Å². The first-order valence-corrected chi connectivity index (χ1v) is 6.84. The van der Waals surface area contributed by atoms with Crippen molar-refractivity contribution in [1.82, 2.24) is 0 Å². The minimum absolute atomic E-state index is 0.0917. The molecular weight excluding hydrogens is 228 g/mol. The first kappa shape index (κ1) is 13.3. The fourth-order valence-corrected chi connectivity index (χ4v) is 2.27. The summed E-state index contributed by atoms with van der Waals surface area (Å²) < 4.78 is 10.9. The van der Waals surface area contributed by atoms with Crippen LogP contribution in [0.2, 0.25) is 0 Å². The normalized spacial score (nSPS) is 33.1. The number of carbonyl (C=O) groups is 1. The summed E-state index contributed by atoms with van der Waals surface area (Å²) in [5.41, 5.74) is 0. The molecule has 2 aliphatic rings. The van der Waals surface area contributed by atoms with Gasteiger partial charge in [0.25, 0.3) is 0 Å². The molecule has 0 bridgehead atoms. The number of hydrogen-bond donors (Lipinski definition) is 0. The van der Waals surface area contributed by atoms with Crippen molar-refractivity contribution >= 4 is 5.78 Å². The molecule has 0 saturated carbocycles. The smallest absolute Gasteiger partial charge is 0.198 e. The molecule has 2 unspecified atom stereocenters. The van der Waals surface area contributed by atoms with E-state index in [0.29, 0.717) is 5.92 Å². The van der Waals surface area contributed by atoms with Crippen LogP contribution in [0.15, 0.2) is 24.5 Å². The summed E-state index contributed by atoms with van der Waals surface area (Å²) in [6.45, 7) is 4.77. The van der Waals surface area contributed by atoms with Crippen molar-refractivity contribution < 1.29 is 14.3 Å². The number of Topliss-reactive ketones (excluding diaryl/α,β-unsaturated/α-hetero) is 1. The van der Waals surface area contributed by atoms with Crippen molar-refractivity contribution in [3.8, 4) is 0 Å². The molecule has 0 aromatic carbocycles. The summed E-state index contributed by atoms with van der Waals surface area (Å²) in [6.07, 6.45) is 10.6. The van der Waals surface area contributed by atoms with Gasteiger partial charge in [-0.2, -0.15) is 0 Å². The van der Waals surface area contributed by atoms with E-state index in [0.717, 1.165) is 25.9 Å². The molecule has 0 aromatic heterocycles. The van der Waals surface area contributed by atoms with Gasteiger partial charge < -0.3 is 9.47 Å². The van der Waals surface area contributed by atoms with Crippen LogP contribution in [0.4, 0.5) is 0 Å². The molecule has 18 heavy (non-hydrogen) atoms. The third-order valence-corrected chi connectivity index (χ3v) is 3.70. The maximum Gasteiger partial charge on any atom is 0.198 e. The minimum atomic E-state index is -0.125. The van der Waals surface area contributed by atoms with Gasteiger partial charge in [-0.1, -0.05) is 26.0 Å². The predicted octanol–water partition coefficient (Wildman–Crippen LogP) is 3.07. The fourth-order valence-electron chi connectivity index (χ4n) is 2.27. The lowest BCUT2D eigenvalue weighted by atomic mass is 9.77. The molecule has 100 valence electrons. The Balaban J connectivity index is 1.74. The molecule has 1 fully saturated rings. The van der Waals surface area contributed by atoms with Gasteiger partial charge in [0.15, 0.2) is 6.29 Å². The summed E-state index contributed by atoms with van der Waals surface area (Å²) in [5, 5.41) is 0. The van der Waals surface area contributed by atoms with Crippen LogP contribution in [0.3, 0.4) is 0 Å². The van der Waals surface area contributed by atoms with Crippen LogP contribution in [0, 0.1) is 17.8 Å². The molecule has 1 aliphatic carbocycles. The first-order valence-electron chi connectivity index (χ1n) is 6.84. The van der Waals surface area contributed by atoms with Crippen LogP contribution in [-0.4, -0.2) is 18.7 Å². The topological polar surface area (TPSA) is 35.5 Å². The molecule has 3 heteroatoms. The molecule has 0 N–H and O–H groups in total. The van der Waals surface area contributed by atoms with Gasteiger partial charge in [-0.3, -0.25) is 4.79 Å². The molecule has 0 radical (unpaired) electrons. The van der Waals surface area contributed by atoms with Crippen LogP contribution in [-0.2, 0) is 14.3 Å². The van der Waals surface area contributed by atoms with Gasteiger partial charge in [0.1, 0.15) is 5.78 Å². The number of ketones is 1. The Morgan fingerprint density at radius 3 is 2.83 bits per heavy atom. The standard InChI is InChI=1S/C15H22O3/c1-11-6-7-13(11)15(16)12(2)8-10-18-14-5-3-4-9-17-14/h6-8,10-14H,3-5,9H2,1-2H3/b10-8-/t11-,12?,13-,14?/m1/s1. The van der Waals surface area contributed by atoms with Gasteiger partial charge in [-0.25, -0.2) is 0 Å². The van der Waals surface area contributed by atoms with Gasteiger partial charge >= 0.3 is 0 Å². The van der Waals surface area contributed by atoms with Gasteiger partial charge in [-0.15, -0.1) is 0 Å². The molecule has 1 aliphatic heterocycles. The van der Waals surface area contributed by atoms with E-state index in [1.165, 1.54) is 0 Å². The number of ether oxygens (including phenoxy) is 2. The quantitative estimate of drug-likeness (QED) is 0.555. The Morgan fingerprint density at radius 1 is 1.44 bits per heavy atom. The minimum Gasteiger partial charge on any atom is -0.473 e. The predicted molar refractivity (Wildman–Crippen MR) is 69.8 cm³/mol. The van der Waals surface area contributed by atoms with E-state index >= 15 is 0 Å². The van der Waals surface area contributed by atoms with E-state index in [-0.39, 0.29) is 23.9 Å². The van der Waals surface area contributed by atoms with Crippen molar-refractivity contribution in [2.45, 2.75) is 39.4 Å². The van der Waals surface area contributed by atoms with E-state index in [4.69, 9.17) is 9.47 Å². The van der Waals surface area contributed by atoms with E-state index < -0.39 is 0 Å². The van der Waals surface area contributed by atoms with Crippen molar-refractivity contribution in [3.05, 3.63) is 24.5 Å². The van der Waals surface area contributed by atoms with E-state index in [2.05, 4.69) is 13.0 Å². The van der Waals surface area contributed by atoms with Crippen LogP contribution in [0.1, 0.15) is 33.1 Å². The highest BCUT2D eigenvalue weighted by molar-refractivity contribution is 5.87. The maximum absolute atomic E-state index is 12.0. The lowest BCUT2D eigenvalue weighted by molar-refractivity contribution is -0.131. The Hall–Kier alpha value is -1.09. The Labute approximate surface area is 109 Å².